The fraction of sp³-hybridized carbons (Fsp3) is 0.548. The van der Waals surface area contributed by atoms with Gasteiger partial charge in [0.1, 0.15) is 13.2 Å². The summed E-state index contributed by atoms with van der Waals surface area (Å²) in [6.45, 7) is 6.29. The smallest absolute Gasteiger partial charge is 0.306 e. The van der Waals surface area contributed by atoms with Crippen LogP contribution in [0.4, 0.5) is 0 Å². The molecule has 0 bridgehead atoms. The zero-order valence-corrected chi connectivity index (χ0v) is 50.3. The number of hydrogen-bond acceptors (Lipinski definition) is 6. The van der Waals surface area contributed by atoms with Crippen molar-refractivity contribution in [2.75, 3.05) is 13.2 Å². The predicted molar refractivity (Wildman–Crippen MR) is 343 cm³/mol. The second-order valence-corrected chi connectivity index (χ2v) is 19.8. The minimum Gasteiger partial charge on any atom is -0.462 e. The lowest BCUT2D eigenvalue weighted by Gasteiger charge is -2.18. The van der Waals surface area contributed by atoms with Crippen LogP contribution in [0.5, 0.6) is 0 Å². The van der Waals surface area contributed by atoms with E-state index in [0.717, 1.165) is 167 Å². The SMILES string of the molecule is CC/C=C\C/C=C\C/C=C\C/C=C\C/C=C\C/C=C\C/C=C\CCCCCC(=O)OCC(COC(=O)CCCCCCC/C=C\CCCC)OC(=O)CCCCC/C=C\C/C=C\C/C=C\C/C=C\C/C=C\C/C=C\C/C=C\CC. The van der Waals surface area contributed by atoms with Crippen molar-refractivity contribution in [2.45, 2.75) is 245 Å². The molecule has 0 aliphatic heterocycles. The molecule has 1 atom stereocenters. The first kappa shape index (κ1) is 73.5. The van der Waals surface area contributed by atoms with E-state index in [2.05, 4.69) is 203 Å². The standard InChI is InChI=1S/C73H112O6/c1-4-7-10-13-16-19-22-24-26-28-30-32-34-36-38-40-42-44-46-48-51-54-57-60-63-66-72(75)78-69-70(68-77-71(74)65-62-59-56-53-50-21-18-15-12-9-6-3)79-73(76)67-64-61-58-55-52-49-47-45-43-41-39-37-35-33-31-29-27-25-23-20-17-14-11-8-5-2/h7-8,10-11,15-20,24-27,30-33,36-39,42-45,48-49,51-52,70H,4-6,9,12-14,21-23,28-29,34-35,40-41,46-47,50,53-69H2,1-3H3/b10-7-,11-8-,18-15-,19-16-,20-17-,26-24-,27-25-,32-30-,33-31-,38-36-,39-37-,44-42-,45-43-,51-48-,52-49-. The van der Waals surface area contributed by atoms with Crippen LogP contribution in [0.2, 0.25) is 0 Å². The van der Waals surface area contributed by atoms with Crippen LogP contribution in [-0.4, -0.2) is 37.2 Å². The maximum Gasteiger partial charge on any atom is 0.306 e. The molecule has 0 rings (SSSR count). The molecule has 0 aliphatic carbocycles. The highest BCUT2D eigenvalue weighted by Crippen LogP contribution is 2.12. The van der Waals surface area contributed by atoms with Crippen LogP contribution in [0, 0.1) is 0 Å². The summed E-state index contributed by atoms with van der Waals surface area (Å²) >= 11 is 0. The zero-order valence-electron chi connectivity index (χ0n) is 50.3. The highest BCUT2D eigenvalue weighted by molar-refractivity contribution is 5.71. The van der Waals surface area contributed by atoms with E-state index in [1.54, 1.807) is 0 Å². The van der Waals surface area contributed by atoms with E-state index >= 15 is 0 Å². The van der Waals surface area contributed by atoms with Gasteiger partial charge in [-0.15, -0.1) is 0 Å². The Morgan fingerprint density at radius 3 is 0.797 bits per heavy atom. The van der Waals surface area contributed by atoms with Gasteiger partial charge in [-0.2, -0.15) is 0 Å². The topological polar surface area (TPSA) is 78.9 Å². The van der Waals surface area contributed by atoms with Crippen LogP contribution in [0.15, 0.2) is 182 Å². The summed E-state index contributed by atoms with van der Waals surface area (Å²) in [6, 6.07) is 0. The third kappa shape index (κ3) is 63.2. The van der Waals surface area contributed by atoms with E-state index in [-0.39, 0.29) is 37.5 Å². The third-order valence-corrected chi connectivity index (χ3v) is 12.4. The summed E-state index contributed by atoms with van der Waals surface area (Å²) < 4.78 is 16.8. The summed E-state index contributed by atoms with van der Waals surface area (Å²) in [5.41, 5.74) is 0. The second kappa shape index (κ2) is 65.0. The normalized spacial score (nSPS) is 13.4. The Kier molecular flexibility index (Phi) is 60.5. The molecule has 0 saturated heterocycles. The van der Waals surface area contributed by atoms with Gasteiger partial charge in [-0.05, 0) is 154 Å². The number of carbonyl (C=O) groups excluding carboxylic acids is 3. The van der Waals surface area contributed by atoms with Gasteiger partial charge in [-0.1, -0.05) is 248 Å². The average Bonchev–Trinajstić information content (AvgIpc) is 3.45. The van der Waals surface area contributed by atoms with Crippen LogP contribution in [0.1, 0.15) is 239 Å². The first-order chi connectivity index (χ1) is 39.0. The van der Waals surface area contributed by atoms with E-state index in [1.165, 1.54) is 25.7 Å². The molecule has 440 valence electrons. The van der Waals surface area contributed by atoms with Gasteiger partial charge in [0.15, 0.2) is 6.10 Å². The molecule has 6 nitrogen and oxygen atoms in total. The van der Waals surface area contributed by atoms with Crippen molar-refractivity contribution in [3.63, 3.8) is 0 Å². The maximum atomic E-state index is 12.9. The third-order valence-electron chi connectivity index (χ3n) is 12.4. The maximum absolute atomic E-state index is 12.9. The van der Waals surface area contributed by atoms with E-state index < -0.39 is 6.10 Å². The number of unbranched alkanes of at least 4 members (excludes halogenated alkanes) is 13. The average molecular weight is 1090 g/mol. The first-order valence-electron chi connectivity index (χ1n) is 31.3. The summed E-state index contributed by atoms with van der Waals surface area (Å²) in [5.74, 6) is -1.00. The Morgan fingerprint density at radius 1 is 0.266 bits per heavy atom. The fourth-order valence-electron chi connectivity index (χ4n) is 7.73. The zero-order chi connectivity index (χ0) is 57.1. The number of ether oxygens (including phenoxy) is 3. The molecule has 0 radical (unpaired) electrons. The van der Waals surface area contributed by atoms with Gasteiger partial charge in [-0.3, -0.25) is 14.4 Å². The Bertz CT molecular complexity index is 1870. The summed E-state index contributed by atoms with van der Waals surface area (Å²) in [4.78, 5) is 38.2. The molecule has 0 aromatic carbocycles. The Balaban J connectivity index is 4.50. The molecule has 0 saturated carbocycles. The van der Waals surface area contributed by atoms with Crippen molar-refractivity contribution in [3.8, 4) is 0 Å². The number of allylic oxidation sites excluding steroid dienone is 30. The molecule has 0 amide bonds. The van der Waals surface area contributed by atoms with E-state index in [9.17, 15) is 14.4 Å². The minimum atomic E-state index is -0.825. The molecule has 0 aromatic rings. The lowest BCUT2D eigenvalue weighted by Crippen LogP contribution is -2.30. The highest BCUT2D eigenvalue weighted by Gasteiger charge is 2.19. The molecule has 0 aliphatic rings. The van der Waals surface area contributed by atoms with Gasteiger partial charge in [-0.25, -0.2) is 0 Å². The molecule has 0 heterocycles. The summed E-state index contributed by atoms with van der Waals surface area (Å²) in [6.07, 6.45) is 97.5. The van der Waals surface area contributed by atoms with Gasteiger partial charge in [0.25, 0.3) is 0 Å². The molecule has 0 aromatic heterocycles. The van der Waals surface area contributed by atoms with Gasteiger partial charge in [0.2, 0.25) is 0 Å². The largest absolute Gasteiger partial charge is 0.462 e. The van der Waals surface area contributed by atoms with Crippen LogP contribution in [-0.2, 0) is 28.6 Å². The number of carbonyl (C=O) groups is 3. The van der Waals surface area contributed by atoms with E-state index in [4.69, 9.17) is 14.2 Å². The first-order valence-corrected chi connectivity index (χ1v) is 31.3. The van der Waals surface area contributed by atoms with Crippen molar-refractivity contribution in [1.82, 2.24) is 0 Å². The summed E-state index contributed by atoms with van der Waals surface area (Å²) in [7, 11) is 0. The second-order valence-electron chi connectivity index (χ2n) is 19.8. The van der Waals surface area contributed by atoms with Gasteiger partial charge in [0.05, 0.1) is 0 Å². The monoisotopic (exact) mass is 1080 g/mol. The molecular weight excluding hydrogens is 973 g/mol. The molecular formula is C73H112O6. The lowest BCUT2D eigenvalue weighted by molar-refractivity contribution is -0.167. The quantitative estimate of drug-likeness (QED) is 0.0261. The fourth-order valence-corrected chi connectivity index (χ4v) is 7.73. The summed E-state index contributed by atoms with van der Waals surface area (Å²) in [5, 5.41) is 0. The lowest BCUT2D eigenvalue weighted by atomic mass is 10.1. The molecule has 0 spiro atoms. The van der Waals surface area contributed by atoms with Crippen molar-refractivity contribution < 1.29 is 28.6 Å². The Morgan fingerprint density at radius 2 is 0.494 bits per heavy atom. The van der Waals surface area contributed by atoms with Gasteiger partial charge >= 0.3 is 17.9 Å². The molecule has 6 heteroatoms. The minimum absolute atomic E-state index is 0.116. The van der Waals surface area contributed by atoms with Crippen LogP contribution in [0.3, 0.4) is 0 Å². The van der Waals surface area contributed by atoms with Gasteiger partial charge < -0.3 is 14.2 Å². The number of hydrogen-bond donors (Lipinski definition) is 0. The van der Waals surface area contributed by atoms with Gasteiger partial charge in [0, 0.05) is 19.3 Å². The van der Waals surface area contributed by atoms with Crippen molar-refractivity contribution in [3.05, 3.63) is 182 Å². The Labute approximate surface area is 484 Å². The van der Waals surface area contributed by atoms with E-state index in [1.807, 2.05) is 0 Å². The van der Waals surface area contributed by atoms with Crippen LogP contribution < -0.4 is 0 Å². The van der Waals surface area contributed by atoms with Crippen LogP contribution >= 0.6 is 0 Å². The number of rotatable bonds is 54. The molecule has 1 unspecified atom stereocenters. The van der Waals surface area contributed by atoms with Crippen molar-refractivity contribution in [1.29, 1.82) is 0 Å². The number of esters is 3. The molecule has 0 N–H and O–H groups in total. The van der Waals surface area contributed by atoms with Crippen molar-refractivity contribution >= 4 is 17.9 Å². The molecule has 79 heavy (non-hydrogen) atoms. The predicted octanol–water partition coefficient (Wildman–Crippen LogP) is 21.7. The molecule has 0 fully saturated rings. The van der Waals surface area contributed by atoms with Crippen LogP contribution in [0.25, 0.3) is 0 Å². The van der Waals surface area contributed by atoms with Crippen molar-refractivity contribution in [2.24, 2.45) is 0 Å². The highest BCUT2D eigenvalue weighted by atomic mass is 16.6. The Hall–Kier alpha value is -5.49. The van der Waals surface area contributed by atoms with E-state index in [0.29, 0.717) is 19.3 Å².